The van der Waals surface area contributed by atoms with Crippen molar-refractivity contribution in [3.05, 3.63) is 0 Å². The van der Waals surface area contributed by atoms with Crippen LogP contribution in [0, 0.1) is 5.41 Å². The Morgan fingerprint density at radius 2 is 1.88 bits per heavy atom. The third-order valence-corrected chi connectivity index (χ3v) is 5.83. The lowest BCUT2D eigenvalue weighted by molar-refractivity contribution is 0.175. The summed E-state index contributed by atoms with van der Waals surface area (Å²) < 4.78 is 0. The maximum absolute atomic E-state index is 9.41. The topological polar surface area (TPSA) is 51.1 Å². The summed E-state index contributed by atoms with van der Waals surface area (Å²) in [4.78, 5) is 9.95. The molecule has 0 aromatic rings. The van der Waals surface area contributed by atoms with Crippen molar-refractivity contribution in [1.82, 2.24) is 15.1 Å². The highest BCUT2D eigenvalue weighted by atomic mass is 16.3. The van der Waals surface area contributed by atoms with E-state index in [1.807, 2.05) is 0 Å². The van der Waals surface area contributed by atoms with Gasteiger partial charge in [-0.15, -0.1) is 0 Å². The molecule has 0 bridgehead atoms. The first-order valence-electron chi connectivity index (χ1n) is 9.97. The molecule has 0 radical (unpaired) electrons. The Morgan fingerprint density at radius 1 is 1.21 bits per heavy atom. The van der Waals surface area contributed by atoms with E-state index in [1.165, 1.54) is 6.42 Å². The van der Waals surface area contributed by atoms with Crippen LogP contribution >= 0.6 is 0 Å². The largest absolute Gasteiger partial charge is 0.396 e. The predicted molar refractivity (Wildman–Crippen MR) is 104 cm³/mol. The van der Waals surface area contributed by atoms with Gasteiger partial charge in [-0.1, -0.05) is 27.7 Å². The number of nitrogens with zero attached hydrogens (tertiary/aromatic N) is 3. The molecule has 1 aliphatic heterocycles. The van der Waals surface area contributed by atoms with Crippen molar-refractivity contribution in [2.75, 3.05) is 45.9 Å². The number of hydrogen-bond acceptors (Lipinski definition) is 3. The molecule has 0 spiro atoms. The number of nitrogens with one attached hydrogen (secondary N) is 1. The van der Waals surface area contributed by atoms with Crippen LogP contribution in [0.1, 0.15) is 60.3 Å². The highest BCUT2D eigenvalue weighted by Gasteiger charge is 2.29. The molecule has 0 amide bonds. The highest BCUT2D eigenvalue weighted by Crippen LogP contribution is 2.30. The van der Waals surface area contributed by atoms with Gasteiger partial charge in [0.1, 0.15) is 0 Å². The zero-order valence-corrected chi connectivity index (χ0v) is 16.6. The van der Waals surface area contributed by atoms with Gasteiger partial charge >= 0.3 is 0 Å². The Bertz CT molecular complexity index is 364. The minimum atomic E-state index is 0.132. The van der Waals surface area contributed by atoms with E-state index in [0.29, 0.717) is 6.04 Å². The molecule has 0 aromatic carbocycles. The molecule has 1 unspecified atom stereocenters. The van der Waals surface area contributed by atoms with E-state index in [9.17, 15) is 5.11 Å². The lowest BCUT2D eigenvalue weighted by atomic mass is 9.79. The van der Waals surface area contributed by atoms with E-state index in [1.54, 1.807) is 0 Å². The van der Waals surface area contributed by atoms with Gasteiger partial charge in [0.05, 0.1) is 0 Å². The number of rotatable bonds is 10. The summed E-state index contributed by atoms with van der Waals surface area (Å²) >= 11 is 0. The van der Waals surface area contributed by atoms with Crippen LogP contribution in [0.4, 0.5) is 0 Å². The normalized spacial score (nSPS) is 19.4. The van der Waals surface area contributed by atoms with Crippen LogP contribution in [-0.2, 0) is 0 Å². The number of likely N-dealkylation sites (tertiary alicyclic amines) is 1. The molecule has 142 valence electrons. The molecule has 0 aromatic heterocycles. The molecule has 5 heteroatoms. The molecule has 1 saturated heterocycles. The molecule has 1 fully saturated rings. The molecular weight excluding hydrogens is 300 g/mol. The molecule has 1 heterocycles. The van der Waals surface area contributed by atoms with Gasteiger partial charge in [0, 0.05) is 38.8 Å². The zero-order chi connectivity index (χ0) is 18.0. The molecule has 0 saturated carbocycles. The van der Waals surface area contributed by atoms with E-state index in [4.69, 9.17) is 4.99 Å². The van der Waals surface area contributed by atoms with Gasteiger partial charge < -0.3 is 15.3 Å². The monoisotopic (exact) mass is 340 g/mol. The van der Waals surface area contributed by atoms with E-state index < -0.39 is 0 Å². The lowest BCUT2D eigenvalue weighted by Gasteiger charge is -2.31. The SMILES string of the molecule is CCNC(=NCC(CC)(CC)CCO)N1CCC(N(CC)CC)C1. The number of aliphatic imine (C=N–C) groups is 1. The maximum Gasteiger partial charge on any atom is 0.193 e. The Kier molecular flexibility index (Phi) is 9.67. The van der Waals surface area contributed by atoms with Gasteiger partial charge in [0.15, 0.2) is 5.96 Å². The summed E-state index contributed by atoms with van der Waals surface area (Å²) in [7, 11) is 0. The van der Waals surface area contributed by atoms with Crippen LogP contribution in [0.2, 0.25) is 0 Å². The molecular formula is C19H40N4O. The lowest BCUT2D eigenvalue weighted by Crippen LogP contribution is -2.43. The van der Waals surface area contributed by atoms with Crippen LogP contribution in [0.5, 0.6) is 0 Å². The number of likely N-dealkylation sites (N-methyl/N-ethyl adjacent to an activating group) is 1. The number of guanidine groups is 1. The molecule has 1 rings (SSSR count). The first-order chi connectivity index (χ1) is 11.6. The fourth-order valence-electron chi connectivity index (χ4n) is 3.78. The van der Waals surface area contributed by atoms with Crippen molar-refractivity contribution in [2.24, 2.45) is 10.4 Å². The van der Waals surface area contributed by atoms with Crippen LogP contribution in [0.15, 0.2) is 4.99 Å². The second kappa shape index (κ2) is 10.9. The Morgan fingerprint density at radius 3 is 2.38 bits per heavy atom. The molecule has 1 aliphatic rings. The van der Waals surface area contributed by atoms with E-state index in [0.717, 1.165) is 64.5 Å². The van der Waals surface area contributed by atoms with E-state index in [2.05, 4.69) is 49.7 Å². The predicted octanol–water partition coefficient (Wildman–Crippen LogP) is 2.56. The molecule has 2 N–H and O–H groups in total. The summed E-state index contributed by atoms with van der Waals surface area (Å²) in [6.45, 7) is 17.4. The third kappa shape index (κ3) is 5.62. The summed E-state index contributed by atoms with van der Waals surface area (Å²) in [6.07, 6.45) is 4.19. The standard InChI is InChI=1S/C19H40N4O/c1-6-19(7-2,12-14-24)16-21-18(20-8-3)23-13-11-17(15-23)22(9-4)10-5/h17,24H,6-16H2,1-5H3,(H,20,21). The van der Waals surface area contributed by atoms with Gasteiger partial charge in [0.25, 0.3) is 0 Å². The van der Waals surface area contributed by atoms with Crippen LogP contribution in [0.3, 0.4) is 0 Å². The first-order valence-corrected chi connectivity index (χ1v) is 9.97. The third-order valence-electron chi connectivity index (χ3n) is 5.83. The second-order valence-electron chi connectivity index (χ2n) is 6.96. The summed E-state index contributed by atoms with van der Waals surface area (Å²) in [6, 6.07) is 0.642. The van der Waals surface area contributed by atoms with Gasteiger partial charge in [-0.2, -0.15) is 0 Å². The molecule has 0 aliphatic carbocycles. The van der Waals surface area contributed by atoms with Crippen molar-refractivity contribution in [2.45, 2.75) is 66.3 Å². The number of aliphatic hydroxyl groups is 1. The first kappa shape index (κ1) is 21.2. The minimum absolute atomic E-state index is 0.132. The number of aliphatic hydroxyl groups excluding tert-OH is 1. The smallest absolute Gasteiger partial charge is 0.193 e. The highest BCUT2D eigenvalue weighted by molar-refractivity contribution is 5.80. The number of hydrogen-bond donors (Lipinski definition) is 2. The van der Waals surface area contributed by atoms with Crippen molar-refractivity contribution >= 4 is 5.96 Å². The average molecular weight is 341 g/mol. The minimum Gasteiger partial charge on any atom is -0.396 e. The quantitative estimate of drug-likeness (QED) is 0.474. The van der Waals surface area contributed by atoms with E-state index >= 15 is 0 Å². The van der Waals surface area contributed by atoms with Gasteiger partial charge in [-0.05, 0) is 51.1 Å². The van der Waals surface area contributed by atoms with Gasteiger partial charge in [0.2, 0.25) is 0 Å². The fourth-order valence-corrected chi connectivity index (χ4v) is 3.78. The average Bonchev–Trinajstić information content (AvgIpc) is 3.08. The van der Waals surface area contributed by atoms with E-state index in [-0.39, 0.29) is 12.0 Å². The summed E-state index contributed by atoms with van der Waals surface area (Å²) in [5.74, 6) is 1.05. The van der Waals surface area contributed by atoms with Crippen molar-refractivity contribution in [1.29, 1.82) is 0 Å². The zero-order valence-electron chi connectivity index (χ0n) is 16.6. The van der Waals surface area contributed by atoms with Crippen molar-refractivity contribution < 1.29 is 5.11 Å². The fraction of sp³-hybridized carbons (Fsp3) is 0.947. The molecule has 24 heavy (non-hydrogen) atoms. The maximum atomic E-state index is 9.41. The Hall–Kier alpha value is -0.810. The van der Waals surface area contributed by atoms with Gasteiger partial charge in [-0.3, -0.25) is 9.89 Å². The van der Waals surface area contributed by atoms with Crippen molar-refractivity contribution in [3.8, 4) is 0 Å². The van der Waals surface area contributed by atoms with Crippen LogP contribution < -0.4 is 5.32 Å². The summed E-state index contributed by atoms with van der Waals surface area (Å²) in [5, 5.41) is 12.9. The van der Waals surface area contributed by atoms with Gasteiger partial charge in [-0.25, -0.2) is 0 Å². The summed E-state index contributed by atoms with van der Waals surface area (Å²) in [5.41, 5.74) is 0.132. The van der Waals surface area contributed by atoms with Crippen LogP contribution in [0.25, 0.3) is 0 Å². The Balaban J connectivity index is 2.79. The van der Waals surface area contributed by atoms with Crippen LogP contribution in [-0.4, -0.2) is 72.8 Å². The molecule has 1 atom stereocenters. The van der Waals surface area contributed by atoms with Crippen molar-refractivity contribution in [3.63, 3.8) is 0 Å². The second-order valence-corrected chi connectivity index (χ2v) is 6.96. The Labute approximate surface area is 149 Å². The molecule has 5 nitrogen and oxygen atoms in total.